The van der Waals surface area contributed by atoms with Gasteiger partial charge in [-0.2, -0.15) is 13.2 Å². The normalized spacial score (nSPS) is 12.3. The highest BCUT2D eigenvalue weighted by Gasteiger charge is 2.35. The molecule has 0 aliphatic carbocycles. The molecule has 0 amide bonds. The lowest BCUT2D eigenvalue weighted by Gasteiger charge is -2.31. The molecule has 0 aromatic heterocycles. The summed E-state index contributed by atoms with van der Waals surface area (Å²) in [5.41, 5.74) is 0.385. The molecule has 0 N–H and O–H groups in total. The number of anilines is 1. The molecule has 0 saturated carbocycles. The van der Waals surface area contributed by atoms with Gasteiger partial charge >= 0.3 is 6.18 Å². The topological polar surface area (TPSA) is 3.24 Å². The van der Waals surface area contributed by atoms with Crippen molar-refractivity contribution in [2.75, 3.05) is 18.0 Å². The standard InChI is InChI=1S/C16H23BrF3N/c1-11(2)9-21(10-12(3)4)15-6-5-13(8-17)7-14(15)16(18,19)20/h5-7,11-12H,8-10H2,1-4H3. The molecule has 5 heteroatoms. The van der Waals surface area contributed by atoms with Crippen molar-refractivity contribution in [2.45, 2.75) is 39.2 Å². The van der Waals surface area contributed by atoms with E-state index in [4.69, 9.17) is 0 Å². The lowest BCUT2D eigenvalue weighted by molar-refractivity contribution is -0.137. The van der Waals surface area contributed by atoms with Crippen LogP contribution in [-0.2, 0) is 11.5 Å². The molecule has 0 spiro atoms. The second-order valence-corrected chi connectivity index (χ2v) is 6.74. The Balaban J connectivity index is 3.28. The number of hydrogen-bond acceptors (Lipinski definition) is 1. The Bertz CT molecular complexity index is 445. The minimum atomic E-state index is -4.33. The second kappa shape index (κ2) is 7.52. The zero-order chi connectivity index (χ0) is 16.2. The molecular formula is C16H23BrF3N. The Morgan fingerprint density at radius 1 is 1.05 bits per heavy atom. The average molecular weight is 366 g/mol. The molecule has 0 heterocycles. The molecule has 1 aromatic carbocycles. The maximum atomic E-state index is 13.4. The Morgan fingerprint density at radius 2 is 1.57 bits per heavy atom. The molecule has 21 heavy (non-hydrogen) atoms. The summed E-state index contributed by atoms with van der Waals surface area (Å²) in [5, 5.41) is 0.421. The van der Waals surface area contributed by atoms with Crippen molar-refractivity contribution in [1.29, 1.82) is 0 Å². The number of halogens is 4. The van der Waals surface area contributed by atoms with Crippen molar-refractivity contribution in [3.63, 3.8) is 0 Å². The average Bonchev–Trinajstić information content (AvgIpc) is 2.35. The molecule has 1 aromatic rings. The number of benzene rings is 1. The van der Waals surface area contributed by atoms with Crippen LogP contribution in [0.3, 0.4) is 0 Å². The van der Waals surface area contributed by atoms with Gasteiger partial charge in [0.15, 0.2) is 0 Å². The zero-order valence-electron chi connectivity index (χ0n) is 13.0. The van der Waals surface area contributed by atoms with Crippen molar-refractivity contribution in [3.8, 4) is 0 Å². The SMILES string of the molecule is CC(C)CN(CC(C)C)c1ccc(CBr)cc1C(F)(F)F. The van der Waals surface area contributed by atoms with Gasteiger partial charge < -0.3 is 4.90 Å². The van der Waals surface area contributed by atoms with Gasteiger partial charge in [0, 0.05) is 24.1 Å². The Hall–Kier alpha value is -0.710. The van der Waals surface area contributed by atoms with E-state index in [1.54, 1.807) is 12.1 Å². The Kier molecular flexibility index (Phi) is 6.57. The van der Waals surface area contributed by atoms with E-state index in [0.29, 0.717) is 35.8 Å². The predicted molar refractivity (Wildman–Crippen MR) is 86.0 cm³/mol. The van der Waals surface area contributed by atoms with Crippen LogP contribution < -0.4 is 4.90 Å². The summed E-state index contributed by atoms with van der Waals surface area (Å²) < 4.78 is 40.1. The Labute approximate surface area is 133 Å². The highest BCUT2D eigenvalue weighted by atomic mass is 79.9. The van der Waals surface area contributed by atoms with E-state index < -0.39 is 11.7 Å². The van der Waals surface area contributed by atoms with E-state index in [0.717, 1.165) is 0 Å². The van der Waals surface area contributed by atoms with Crippen LogP contribution in [0.2, 0.25) is 0 Å². The third-order valence-electron chi connectivity index (χ3n) is 3.03. The maximum absolute atomic E-state index is 13.4. The van der Waals surface area contributed by atoms with Crippen molar-refractivity contribution in [1.82, 2.24) is 0 Å². The van der Waals surface area contributed by atoms with Crippen molar-refractivity contribution < 1.29 is 13.2 Å². The molecule has 1 rings (SSSR count). The third-order valence-corrected chi connectivity index (χ3v) is 3.68. The van der Waals surface area contributed by atoms with E-state index in [9.17, 15) is 13.2 Å². The fourth-order valence-corrected chi connectivity index (χ4v) is 2.67. The van der Waals surface area contributed by atoms with Gasteiger partial charge in [0.1, 0.15) is 0 Å². The van der Waals surface area contributed by atoms with E-state index in [1.807, 2.05) is 32.6 Å². The Morgan fingerprint density at radius 3 is 1.95 bits per heavy atom. The molecule has 0 aliphatic heterocycles. The summed E-state index contributed by atoms with van der Waals surface area (Å²) in [6.45, 7) is 9.33. The van der Waals surface area contributed by atoms with E-state index in [-0.39, 0.29) is 5.69 Å². The van der Waals surface area contributed by atoms with Gasteiger partial charge in [0.05, 0.1) is 5.56 Å². The number of nitrogens with zero attached hydrogens (tertiary/aromatic N) is 1. The van der Waals surface area contributed by atoms with Gasteiger partial charge in [0.25, 0.3) is 0 Å². The molecule has 1 nitrogen and oxygen atoms in total. The summed E-state index contributed by atoms with van der Waals surface area (Å²) in [4.78, 5) is 1.86. The summed E-state index contributed by atoms with van der Waals surface area (Å²) in [5.74, 6) is 0.612. The van der Waals surface area contributed by atoms with Crippen molar-refractivity contribution >= 4 is 21.6 Å². The van der Waals surface area contributed by atoms with Crippen LogP contribution in [0.15, 0.2) is 18.2 Å². The smallest absolute Gasteiger partial charge is 0.371 e. The second-order valence-electron chi connectivity index (χ2n) is 6.18. The van der Waals surface area contributed by atoms with E-state index in [2.05, 4.69) is 15.9 Å². The first kappa shape index (κ1) is 18.3. The first-order valence-corrected chi connectivity index (χ1v) is 8.28. The van der Waals surface area contributed by atoms with Crippen LogP contribution in [0, 0.1) is 11.8 Å². The van der Waals surface area contributed by atoms with Crippen LogP contribution in [-0.4, -0.2) is 13.1 Å². The van der Waals surface area contributed by atoms with Crippen LogP contribution in [0.5, 0.6) is 0 Å². The first-order valence-electron chi connectivity index (χ1n) is 7.16. The van der Waals surface area contributed by atoms with Crippen LogP contribution in [0.25, 0.3) is 0 Å². The lowest BCUT2D eigenvalue weighted by atomic mass is 10.0. The fourth-order valence-electron chi connectivity index (χ4n) is 2.32. The highest BCUT2D eigenvalue weighted by molar-refractivity contribution is 9.08. The number of rotatable bonds is 6. The molecule has 0 fully saturated rings. The monoisotopic (exact) mass is 365 g/mol. The minimum absolute atomic E-state index is 0.287. The van der Waals surface area contributed by atoms with Gasteiger partial charge in [-0.1, -0.05) is 49.7 Å². The third kappa shape index (κ3) is 5.53. The quantitative estimate of drug-likeness (QED) is 0.582. The van der Waals surface area contributed by atoms with Crippen molar-refractivity contribution in [2.24, 2.45) is 11.8 Å². The van der Waals surface area contributed by atoms with Gasteiger partial charge in [-0.05, 0) is 29.5 Å². The summed E-state index contributed by atoms with van der Waals surface area (Å²) in [6, 6.07) is 4.61. The van der Waals surface area contributed by atoms with Gasteiger partial charge in [-0.15, -0.1) is 0 Å². The molecule has 0 aliphatic rings. The van der Waals surface area contributed by atoms with Crippen LogP contribution in [0.4, 0.5) is 18.9 Å². The molecular weight excluding hydrogens is 343 g/mol. The molecule has 0 saturated heterocycles. The van der Waals surface area contributed by atoms with Gasteiger partial charge in [-0.3, -0.25) is 0 Å². The molecule has 0 radical (unpaired) electrons. The summed E-state index contributed by atoms with van der Waals surface area (Å²) >= 11 is 3.22. The molecule has 0 unspecified atom stereocenters. The molecule has 0 atom stereocenters. The first-order chi connectivity index (χ1) is 9.65. The zero-order valence-corrected chi connectivity index (χ0v) is 14.6. The van der Waals surface area contributed by atoms with E-state index >= 15 is 0 Å². The van der Waals surface area contributed by atoms with Crippen LogP contribution >= 0.6 is 15.9 Å². The summed E-state index contributed by atoms with van der Waals surface area (Å²) in [6.07, 6.45) is -4.33. The van der Waals surface area contributed by atoms with Gasteiger partial charge in [-0.25, -0.2) is 0 Å². The van der Waals surface area contributed by atoms with Crippen LogP contribution in [0.1, 0.15) is 38.8 Å². The van der Waals surface area contributed by atoms with Crippen molar-refractivity contribution in [3.05, 3.63) is 29.3 Å². The summed E-state index contributed by atoms with van der Waals surface area (Å²) in [7, 11) is 0. The van der Waals surface area contributed by atoms with Gasteiger partial charge in [0.2, 0.25) is 0 Å². The highest BCUT2D eigenvalue weighted by Crippen LogP contribution is 2.38. The fraction of sp³-hybridized carbons (Fsp3) is 0.625. The number of alkyl halides is 4. The predicted octanol–water partition coefficient (Wildman–Crippen LogP) is 5.72. The number of hydrogen-bond donors (Lipinski definition) is 0. The molecule has 120 valence electrons. The molecule has 0 bridgehead atoms. The van der Waals surface area contributed by atoms with E-state index in [1.165, 1.54) is 6.07 Å². The lowest BCUT2D eigenvalue weighted by Crippen LogP contribution is -2.33. The largest absolute Gasteiger partial charge is 0.418 e. The maximum Gasteiger partial charge on any atom is 0.418 e. The minimum Gasteiger partial charge on any atom is -0.371 e.